The molecule has 0 N–H and O–H groups in total. The number of halogens is 1. The van der Waals surface area contributed by atoms with Crippen LogP contribution in [0, 0.1) is 5.82 Å². The molecule has 146 valence electrons. The van der Waals surface area contributed by atoms with Crippen molar-refractivity contribution in [3.05, 3.63) is 106 Å². The Balaban J connectivity index is 1.49. The first kappa shape index (κ1) is 18.9. The fraction of sp³-hybridized carbons (Fsp3) is 0.167. The van der Waals surface area contributed by atoms with Gasteiger partial charge in [-0.25, -0.2) is 9.18 Å². The molecule has 0 fully saturated rings. The molecule has 3 aromatic rings. The molecule has 0 atom stereocenters. The summed E-state index contributed by atoms with van der Waals surface area (Å²) in [6.07, 6.45) is 0.725. The smallest absolute Gasteiger partial charge is 0.338 e. The number of rotatable bonds is 4. The Labute approximate surface area is 168 Å². The van der Waals surface area contributed by atoms with Gasteiger partial charge in [-0.15, -0.1) is 0 Å². The van der Waals surface area contributed by atoms with Crippen LogP contribution < -0.4 is 0 Å². The van der Waals surface area contributed by atoms with Gasteiger partial charge < -0.3 is 9.64 Å². The van der Waals surface area contributed by atoms with Crippen molar-refractivity contribution in [2.24, 2.45) is 0 Å². The van der Waals surface area contributed by atoms with Crippen LogP contribution in [0.15, 0.2) is 72.8 Å². The largest absolute Gasteiger partial charge is 0.457 e. The topological polar surface area (TPSA) is 46.6 Å². The van der Waals surface area contributed by atoms with E-state index in [4.69, 9.17) is 4.74 Å². The van der Waals surface area contributed by atoms with E-state index in [-0.39, 0.29) is 17.7 Å². The van der Waals surface area contributed by atoms with E-state index in [1.807, 2.05) is 54.6 Å². The molecule has 0 saturated heterocycles. The van der Waals surface area contributed by atoms with Crippen molar-refractivity contribution in [2.45, 2.75) is 19.6 Å². The van der Waals surface area contributed by atoms with Gasteiger partial charge in [0.25, 0.3) is 5.91 Å². The lowest BCUT2D eigenvalue weighted by Gasteiger charge is -2.29. The fourth-order valence-electron chi connectivity index (χ4n) is 3.46. The van der Waals surface area contributed by atoms with Crippen molar-refractivity contribution < 1.29 is 18.7 Å². The van der Waals surface area contributed by atoms with Gasteiger partial charge in [-0.1, -0.05) is 54.6 Å². The van der Waals surface area contributed by atoms with Crippen LogP contribution >= 0.6 is 0 Å². The number of ether oxygens (including phenoxy) is 1. The molecule has 29 heavy (non-hydrogen) atoms. The van der Waals surface area contributed by atoms with E-state index in [1.54, 1.807) is 4.90 Å². The van der Waals surface area contributed by atoms with Crippen LogP contribution in [0.5, 0.6) is 0 Å². The Morgan fingerprint density at radius 1 is 0.931 bits per heavy atom. The van der Waals surface area contributed by atoms with Gasteiger partial charge in [0.15, 0.2) is 0 Å². The van der Waals surface area contributed by atoms with Crippen LogP contribution in [-0.4, -0.2) is 23.3 Å². The number of fused-ring (bicyclic) bond motifs is 1. The standard InChI is InChI=1S/C24H20FNO3/c25-22-11-10-19(24(28)29-16-17-6-2-1-3-7-17)14-21(22)23(27)26-13-12-18-8-4-5-9-20(18)15-26/h1-11,14H,12-13,15-16H2. The molecule has 0 aromatic heterocycles. The van der Waals surface area contributed by atoms with Crippen molar-refractivity contribution in [1.82, 2.24) is 4.90 Å². The first-order valence-corrected chi connectivity index (χ1v) is 9.48. The number of benzene rings is 3. The summed E-state index contributed by atoms with van der Waals surface area (Å²) in [6.45, 7) is 1.05. The number of carbonyl (C=O) groups excluding carboxylic acids is 2. The van der Waals surface area contributed by atoms with Gasteiger partial charge in [0, 0.05) is 13.1 Å². The van der Waals surface area contributed by atoms with E-state index >= 15 is 0 Å². The summed E-state index contributed by atoms with van der Waals surface area (Å²) in [5, 5.41) is 0. The van der Waals surface area contributed by atoms with Gasteiger partial charge in [-0.05, 0) is 41.3 Å². The second-order valence-corrected chi connectivity index (χ2v) is 7.00. The Bertz CT molecular complexity index is 1050. The van der Waals surface area contributed by atoms with E-state index in [0.717, 1.165) is 23.6 Å². The van der Waals surface area contributed by atoms with Crippen LogP contribution in [0.1, 0.15) is 37.4 Å². The Kier molecular flexibility index (Phi) is 5.38. The van der Waals surface area contributed by atoms with Crippen molar-refractivity contribution in [3.63, 3.8) is 0 Å². The molecule has 5 heteroatoms. The van der Waals surface area contributed by atoms with E-state index in [1.165, 1.54) is 17.7 Å². The molecule has 1 aliphatic rings. The zero-order chi connectivity index (χ0) is 20.2. The summed E-state index contributed by atoms with van der Waals surface area (Å²) in [7, 11) is 0. The quantitative estimate of drug-likeness (QED) is 0.622. The van der Waals surface area contributed by atoms with E-state index in [9.17, 15) is 14.0 Å². The minimum atomic E-state index is -0.645. The molecular weight excluding hydrogens is 369 g/mol. The maximum Gasteiger partial charge on any atom is 0.338 e. The van der Waals surface area contributed by atoms with Crippen LogP contribution in [0.4, 0.5) is 4.39 Å². The number of amides is 1. The van der Waals surface area contributed by atoms with E-state index < -0.39 is 17.7 Å². The van der Waals surface area contributed by atoms with Crippen LogP contribution in [0.3, 0.4) is 0 Å². The summed E-state index contributed by atoms with van der Waals surface area (Å²) < 4.78 is 19.7. The Morgan fingerprint density at radius 3 is 2.45 bits per heavy atom. The predicted octanol–water partition coefficient (Wildman–Crippen LogP) is 4.38. The number of carbonyl (C=O) groups is 2. The lowest BCUT2D eigenvalue weighted by Crippen LogP contribution is -2.36. The van der Waals surface area contributed by atoms with Gasteiger partial charge in [0.1, 0.15) is 12.4 Å². The average Bonchev–Trinajstić information content (AvgIpc) is 2.77. The zero-order valence-corrected chi connectivity index (χ0v) is 15.8. The van der Waals surface area contributed by atoms with Gasteiger partial charge in [-0.2, -0.15) is 0 Å². The molecule has 1 aliphatic heterocycles. The fourth-order valence-corrected chi connectivity index (χ4v) is 3.46. The predicted molar refractivity (Wildman–Crippen MR) is 107 cm³/mol. The lowest BCUT2D eigenvalue weighted by atomic mass is 9.99. The number of hydrogen-bond donors (Lipinski definition) is 0. The minimum absolute atomic E-state index is 0.112. The van der Waals surface area contributed by atoms with Crippen LogP contribution in [-0.2, 0) is 24.3 Å². The summed E-state index contributed by atoms with van der Waals surface area (Å²) in [5.41, 5.74) is 3.16. The zero-order valence-electron chi connectivity index (χ0n) is 15.8. The summed E-state index contributed by atoms with van der Waals surface area (Å²) in [5.74, 6) is -1.66. The third kappa shape index (κ3) is 4.19. The molecule has 0 saturated carbocycles. The minimum Gasteiger partial charge on any atom is -0.457 e. The van der Waals surface area contributed by atoms with Crippen molar-refractivity contribution in [1.29, 1.82) is 0 Å². The molecule has 0 bridgehead atoms. The highest BCUT2D eigenvalue weighted by Gasteiger charge is 2.24. The third-order valence-electron chi connectivity index (χ3n) is 5.06. The molecule has 0 unspecified atom stereocenters. The maximum atomic E-state index is 14.4. The van der Waals surface area contributed by atoms with E-state index in [2.05, 4.69) is 0 Å². The summed E-state index contributed by atoms with van der Waals surface area (Å²) in [4.78, 5) is 26.9. The average molecular weight is 389 g/mol. The number of esters is 1. The molecule has 0 radical (unpaired) electrons. The monoisotopic (exact) mass is 389 g/mol. The first-order chi connectivity index (χ1) is 14.1. The van der Waals surface area contributed by atoms with Crippen molar-refractivity contribution in [2.75, 3.05) is 6.54 Å². The SMILES string of the molecule is O=C(OCc1ccccc1)c1ccc(F)c(C(=O)N2CCc3ccccc3C2)c1. The molecular formula is C24H20FNO3. The van der Waals surface area contributed by atoms with Gasteiger partial charge >= 0.3 is 5.97 Å². The van der Waals surface area contributed by atoms with Gasteiger partial charge in [0.2, 0.25) is 0 Å². The normalized spacial score (nSPS) is 12.9. The molecule has 4 rings (SSSR count). The Hall–Kier alpha value is -3.47. The van der Waals surface area contributed by atoms with E-state index in [0.29, 0.717) is 13.1 Å². The molecule has 3 aromatic carbocycles. The number of nitrogens with zero attached hydrogens (tertiary/aromatic N) is 1. The lowest BCUT2D eigenvalue weighted by molar-refractivity contribution is 0.0472. The molecule has 1 amide bonds. The molecule has 4 nitrogen and oxygen atoms in total. The second kappa shape index (κ2) is 8.27. The molecule has 1 heterocycles. The van der Waals surface area contributed by atoms with Crippen molar-refractivity contribution >= 4 is 11.9 Å². The van der Waals surface area contributed by atoms with Gasteiger partial charge in [0.05, 0.1) is 11.1 Å². The molecule has 0 spiro atoms. The molecule has 0 aliphatic carbocycles. The highest BCUT2D eigenvalue weighted by atomic mass is 19.1. The van der Waals surface area contributed by atoms with Crippen LogP contribution in [0.25, 0.3) is 0 Å². The van der Waals surface area contributed by atoms with Crippen molar-refractivity contribution in [3.8, 4) is 0 Å². The highest BCUT2D eigenvalue weighted by Crippen LogP contribution is 2.22. The maximum absolute atomic E-state index is 14.4. The van der Waals surface area contributed by atoms with Gasteiger partial charge in [-0.3, -0.25) is 4.79 Å². The third-order valence-corrected chi connectivity index (χ3v) is 5.06. The van der Waals surface area contributed by atoms with Crippen LogP contribution in [0.2, 0.25) is 0 Å². The number of hydrogen-bond acceptors (Lipinski definition) is 3. The highest BCUT2D eigenvalue weighted by molar-refractivity contribution is 5.98. The second-order valence-electron chi connectivity index (χ2n) is 7.00. The summed E-state index contributed by atoms with van der Waals surface area (Å²) in [6, 6.07) is 21.0. The first-order valence-electron chi connectivity index (χ1n) is 9.48. The summed E-state index contributed by atoms with van der Waals surface area (Å²) >= 11 is 0. The Morgan fingerprint density at radius 2 is 1.66 bits per heavy atom.